The molecule has 1 heterocycles. The first-order valence-electron chi connectivity index (χ1n) is 10.5. The van der Waals surface area contributed by atoms with Crippen LogP contribution in [0.5, 0.6) is 0 Å². The number of nitrogens with two attached hydrogens (primary N) is 1. The van der Waals surface area contributed by atoms with E-state index < -0.39 is 0 Å². The molecule has 4 N–H and O–H groups in total. The van der Waals surface area contributed by atoms with Crippen molar-refractivity contribution in [3.63, 3.8) is 0 Å². The van der Waals surface area contributed by atoms with Gasteiger partial charge in [-0.15, -0.1) is 0 Å². The molecule has 8 nitrogen and oxygen atoms in total. The summed E-state index contributed by atoms with van der Waals surface area (Å²) in [5.74, 6) is 0.345. The molecule has 0 aliphatic rings. The molecule has 8 heteroatoms. The minimum atomic E-state index is -0.0791. The Morgan fingerprint density at radius 2 is 1.65 bits per heavy atom. The molecule has 4 aromatic rings. The number of aliphatic imine (C=N–C) groups is 1. The molecule has 34 heavy (non-hydrogen) atoms. The zero-order valence-electron chi connectivity index (χ0n) is 18.1. The number of guanidine groups is 1. The van der Waals surface area contributed by atoms with Crippen molar-refractivity contribution in [2.45, 2.75) is 6.42 Å². The van der Waals surface area contributed by atoms with Gasteiger partial charge in [-0.2, -0.15) is 10.3 Å². The number of nitrogens with one attached hydrogen (secondary N) is 2. The molecule has 0 bridgehead atoms. The van der Waals surface area contributed by atoms with E-state index in [1.165, 1.54) is 6.20 Å². The number of benzene rings is 3. The maximum atomic E-state index is 12.2. The maximum Gasteiger partial charge on any atom is 0.228 e. The second-order valence-electron chi connectivity index (χ2n) is 7.33. The van der Waals surface area contributed by atoms with Crippen LogP contribution in [0.3, 0.4) is 0 Å². The van der Waals surface area contributed by atoms with Gasteiger partial charge in [-0.25, -0.2) is 4.98 Å². The third kappa shape index (κ3) is 5.81. The van der Waals surface area contributed by atoms with Crippen molar-refractivity contribution in [1.82, 2.24) is 9.97 Å². The van der Waals surface area contributed by atoms with Crippen LogP contribution in [0, 0.1) is 11.3 Å². The number of nitriles is 1. The van der Waals surface area contributed by atoms with Gasteiger partial charge in [0, 0.05) is 11.3 Å². The third-order valence-corrected chi connectivity index (χ3v) is 4.86. The van der Waals surface area contributed by atoms with E-state index in [9.17, 15) is 4.79 Å². The van der Waals surface area contributed by atoms with Crippen molar-refractivity contribution < 1.29 is 4.79 Å². The zero-order valence-corrected chi connectivity index (χ0v) is 18.1. The number of hydrogen-bond acceptors (Lipinski definition) is 5. The average Bonchev–Trinajstić information content (AvgIpc) is 2.86. The summed E-state index contributed by atoms with van der Waals surface area (Å²) in [6.45, 7) is 0. The van der Waals surface area contributed by atoms with Crippen molar-refractivity contribution in [2.75, 3.05) is 10.6 Å². The standard InChI is InChI=1S/C26H21N7O/c27-15-20-8-4-5-9-22(20)32-26(28)33-24-17-29-23(16-30-24)19-10-12-21(13-11-19)31-25(34)14-18-6-2-1-3-7-18/h1-13,16-17H,14H2,(H,31,34)(H3,28,30,32,33). The predicted octanol–water partition coefficient (Wildman–Crippen LogP) is 4.25. The Morgan fingerprint density at radius 1 is 0.912 bits per heavy atom. The summed E-state index contributed by atoms with van der Waals surface area (Å²) in [4.78, 5) is 25.1. The van der Waals surface area contributed by atoms with E-state index in [0.29, 0.717) is 34.9 Å². The van der Waals surface area contributed by atoms with Crippen molar-refractivity contribution >= 4 is 29.1 Å². The van der Waals surface area contributed by atoms with Crippen molar-refractivity contribution in [1.29, 1.82) is 5.26 Å². The second kappa shape index (κ2) is 10.5. The molecule has 0 atom stereocenters. The number of rotatable bonds is 6. The number of aromatic nitrogens is 2. The average molecular weight is 448 g/mol. The summed E-state index contributed by atoms with van der Waals surface area (Å²) < 4.78 is 0. The molecule has 0 saturated heterocycles. The largest absolute Gasteiger partial charge is 0.369 e. The Labute approximate surface area is 196 Å². The molecule has 0 unspecified atom stereocenters. The first-order valence-corrected chi connectivity index (χ1v) is 10.5. The van der Waals surface area contributed by atoms with Crippen LogP contribution >= 0.6 is 0 Å². The molecule has 4 rings (SSSR count). The smallest absolute Gasteiger partial charge is 0.228 e. The summed E-state index contributed by atoms with van der Waals surface area (Å²) in [6, 6.07) is 26.0. The van der Waals surface area contributed by atoms with E-state index in [2.05, 4.69) is 31.7 Å². The monoisotopic (exact) mass is 447 g/mol. The van der Waals surface area contributed by atoms with E-state index in [1.54, 1.807) is 30.5 Å². The topological polar surface area (TPSA) is 129 Å². The lowest BCUT2D eigenvalue weighted by atomic mass is 10.1. The second-order valence-corrected chi connectivity index (χ2v) is 7.33. The van der Waals surface area contributed by atoms with Crippen LogP contribution < -0.4 is 16.4 Å². The first-order chi connectivity index (χ1) is 16.6. The van der Waals surface area contributed by atoms with E-state index in [0.717, 1.165) is 11.1 Å². The van der Waals surface area contributed by atoms with Crippen LogP contribution in [0.25, 0.3) is 11.3 Å². The number of anilines is 2. The SMILES string of the molecule is N#Cc1ccccc1NC(N)=Nc1cnc(-c2ccc(NC(=O)Cc3ccccc3)cc2)cn1. The van der Waals surface area contributed by atoms with E-state index in [1.807, 2.05) is 54.6 Å². The number of hydrogen-bond donors (Lipinski definition) is 3. The number of carbonyl (C=O) groups excluding carboxylic acids is 1. The van der Waals surface area contributed by atoms with Gasteiger partial charge >= 0.3 is 0 Å². The maximum absolute atomic E-state index is 12.2. The molecule has 166 valence electrons. The van der Waals surface area contributed by atoms with Crippen LogP contribution in [0.4, 0.5) is 17.2 Å². The highest BCUT2D eigenvalue weighted by Gasteiger charge is 2.06. The molecule has 0 fully saturated rings. The van der Waals surface area contributed by atoms with Crippen LogP contribution in [0.15, 0.2) is 96.2 Å². The number of nitrogens with zero attached hydrogens (tertiary/aromatic N) is 4. The molecule has 1 aromatic heterocycles. The fourth-order valence-electron chi connectivity index (χ4n) is 3.22. The minimum absolute atomic E-state index is 0.0791. The molecule has 0 aliphatic carbocycles. The molecule has 0 saturated carbocycles. The third-order valence-electron chi connectivity index (χ3n) is 4.86. The van der Waals surface area contributed by atoms with Crippen LogP contribution in [-0.4, -0.2) is 21.8 Å². The van der Waals surface area contributed by atoms with Gasteiger partial charge in [-0.1, -0.05) is 54.6 Å². The minimum Gasteiger partial charge on any atom is -0.369 e. The molecule has 1 amide bonds. The van der Waals surface area contributed by atoms with Crippen molar-refractivity contribution in [3.8, 4) is 17.3 Å². The van der Waals surface area contributed by atoms with Gasteiger partial charge in [-0.3, -0.25) is 9.78 Å². The van der Waals surface area contributed by atoms with Gasteiger partial charge in [0.1, 0.15) is 6.07 Å². The number of amides is 1. The fraction of sp³-hybridized carbons (Fsp3) is 0.0385. The number of para-hydroxylation sites is 1. The van der Waals surface area contributed by atoms with E-state index in [-0.39, 0.29) is 11.9 Å². The lowest BCUT2D eigenvalue weighted by Gasteiger charge is -2.08. The van der Waals surface area contributed by atoms with Gasteiger partial charge < -0.3 is 16.4 Å². The summed E-state index contributed by atoms with van der Waals surface area (Å²) in [6.07, 6.45) is 3.42. The van der Waals surface area contributed by atoms with Gasteiger partial charge in [0.05, 0.1) is 35.8 Å². The normalized spacial score (nSPS) is 10.9. The molecule has 0 spiro atoms. The predicted molar refractivity (Wildman–Crippen MR) is 132 cm³/mol. The van der Waals surface area contributed by atoms with Crippen molar-refractivity contribution in [2.24, 2.45) is 10.7 Å². The highest BCUT2D eigenvalue weighted by atomic mass is 16.1. The van der Waals surface area contributed by atoms with Gasteiger partial charge in [0.2, 0.25) is 5.91 Å². The Kier molecular flexibility index (Phi) is 6.86. The Bertz CT molecular complexity index is 1340. The van der Waals surface area contributed by atoms with Crippen molar-refractivity contribution in [3.05, 3.63) is 102 Å². The molecule has 3 aromatic carbocycles. The first kappa shape index (κ1) is 22.2. The Balaban J connectivity index is 1.38. The molecule has 0 radical (unpaired) electrons. The summed E-state index contributed by atoms with van der Waals surface area (Å²) in [7, 11) is 0. The molecule has 0 aliphatic heterocycles. The van der Waals surface area contributed by atoms with Crippen LogP contribution in [-0.2, 0) is 11.2 Å². The molecular formula is C26H21N7O. The van der Waals surface area contributed by atoms with E-state index in [4.69, 9.17) is 11.0 Å². The quantitative estimate of drug-likeness (QED) is 0.299. The van der Waals surface area contributed by atoms with Gasteiger partial charge in [0.15, 0.2) is 11.8 Å². The molecular weight excluding hydrogens is 426 g/mol. The lowest BCUT2D eigenvalue weighted by molar-refractivity contribution is -0.115. The Morgan fingerprint density at radius 3 is 2.35 bits per heavy atom. The highest BCUT2D eigenvalue weighted by Crippen LogP contribution is 2.20. The van der Waals surface area contributed by atoms with Gasteiger partial charge in [0.25, 0.3) is 0 Å². The van der Waals surface area contributed by atoms with E-state index >= 15 is 0 Å². The van der Waals surface area contributed by atoms with Crippen LogP contribution in [0.2, 0.25) is 0 Å². The Hall–Kier alpha value is -5.03. The lowest BCUT2D eigenvalue weighted by Crippen LogP contribution is -2.22. The van der Waals surface area contributed by atoms with Gasteiger partial charge in [-0.05, 0) is 29.8 Å². The highest BCUT2D eigenvalue weighted by molar-refractivity contribution is 5.95. The fourth-order valence-corrected chi connectivity index (χ4v) is 3.22. The number of carbonyl (C=O) groups is 1. The summed E-state index contributed by atoms with van der Waals surface area (Å²) >= 11 is 0. The summed E-state index contributed by atoms with van der Waals surface area (Å²) in [5, 5.41) is 15.0. The van der Waals surface area contributed by atoms with Crippen LogP contribution in [0.1, 0.15) is 11.1 Å². The summed E-state index contributed by atoms with van der Waals surface area (Å²) in [5.41, 5.74) is 10.1. The zero-order chi connectivity index (χ0) is 23.8.